The number of carbonyl (C=O) groups excluding carboxylic acids is 1. The summed E-state index contributed by atoms with van der Waals surface area (Å²) in [5.74, 6) is -9.78. The van der Waals surface area contributed by atoms with Crippen LogP contribution in [0, 0.1) is 23.3 Å². The summed E-state index contributed by atoms with van der Waals surface area (Å²) in [6.07, 6.45) is 4.98. The van der Waals surface area contributed by atoms with E-state index in [4.69, 9.17) is 10.7 Å². The van der Waals surface area contributed by atoms with E-state index in [-0.39, 0.29) is 11.5 Å². The van der Waals surface area contributed by atoms with Crippen molar-refractivity contribution in [3.05, 3.63) is 64.2 Å². The van der Waals surface area contributed by atoms with Crippen molar-refractivity contribution >= 4 is 25.5 Å². The van der Waals surface area contributed by atoms with E-state index in [0.717, 1.165) is 37.7 Å². The fourth-order valence-electron chi connectivity index (χ4n) is 3.54. The average molecular weight is 435 g/mol. The Hall–Kier alpha value is -1.93. The molecule has 0 heterocycles. The monoisotopic (exact) mass is 434 g/mol. The highest BCUT2D eigenvalue weighted by Gasteiger charge is 2.35. The van der Waals surface area contributed by atoms with Crippen molar-refractivity contribution in [2.45, 2.75) is 42.9 Å². The quantitative estimate of drug-likeness (QED) is 0.278. The molecule has 0 saturated heterocycles. The number of rotatable bonds is 4. The van der Waals surface area contributed by atoms with E-state index in [0.29, 0.717) is 0 Å². The van der Waals surface area contributed by atoms with Gasteiger partial charge < -0.3 is 0 Å². The van der Waals surface area contributed by atoms with E-state index < -0.39 is 48.6 Å². The Morgan fingerprint density at radius 2 is 1.50 bits per heavy atom. The molecule has 28 heavy (non-hydrogen) atoms. The second kappa shape index (κ2) is 7.83. The predicted octanol–water partition coefficient (Wildman–Crippen LogP) is 5.45. The van der Waals surface area contributed by atoms with Crippen LogP contribution in [0.2, 0.25) is 0 Å². The van der Waals surface area contributed by atoms with Gasteiger partial charge in [0.1, 0.15) is 5.56 Å². The normalized spacial score (nSPS) is 15.6. The highest BCUT2D eigenvalue weighted by Crippen LogP contribution is 2.34. The molecule has 1 fully saturated rings. The Kier molecular flexibility index (Phi) is 5.82. The number of benzene rings is 2. The van der Waals surface area contributed by atoms with Gasteiger partial charge in [-0.15, -0.1) is 0 Å². The van der Waals surface area contributed by atoms with Gasteiger partial charge in [0.2, 0.25) is 0 Å². The van der Waals surface area contributed by atoms with Crippen LogP contribution in [0.5, 0.6) is 0 Å². The van der Waals surface area contributed by atoms with Gasteiger partial charge in [-0.3, -0.25) is 4.79 Å². The standard InChI is InChI=1S/C19H15ClF4O3S/c20-28(26,27)19-16(23)14(21)13(15(22)17(19)24)18(25)12-8-4-7-11(9-12)10-5-2-1-3-6-10/h4,7-10H,1-3,5-6H2. The largest absolute Gasteiger partial charge is 0.288 e. The van der Waals surface area contributed by atoms with Gasteiger partial charge in [-0.2, -0.15) is 0 Å². The van der Waals surface area contributed by atoms with Crippen LogP contribution in [-0.4, -0.2) is 14.2 Å². The topological polar surface area (TPSA) is 51.2 Å². The number of halogens is 5. The van der Waals surface area contributed by atoms with Crippen molar-refractivity contribution in [1.82, 2.24) is 0 Å². The van der Waals surface area contributed by atoms with Gasteiger partial charge in [-0.25, -0.2) is 26.0 Å². The summed E-state index contributed by atoms with van der Waals surface area (Å²) in [6, 6.07) is 6.02. The number of hydrogen-bond donors (Lipinski definition) is 0. The van der Waals surface area contributed by atoms with Crippen molar-refractivity contribution in [2.75, 3.05) is 0 Å². The molecule has 0 amide bonds. The molecule has 1 saturated carbocycles. The molecule has 3 nitrogen and oxygen atoms in total. The summed E-state index contributed by atoms with van der Waals surface area (Å²) in [7, 11) is -0.264. The summed E-state index contributed by atoms with van der Waals surface area (Å²) in [5, 5.41) is 0. The average Bonchev–Trinajstić information content (AvgIpc) is 2.66. The predicted molar refractivity (Wildman–Crippen MR) is 95.0 cm³/mol. The third kappa shape index (κ3) is 3.80. The van der Waals surface area contributed by atoms with E-state index in [1.165, 1.54) is 18.2 Å². The summed E-state index contributed by atoms with van der Waals surface area (Å²) >= 11 is 0. The molecule has 0 aliphatic heterocycles. The smallest absolute Gasteiger partial charge is 0.267 e. The van der Waals surface area contributed by atoms with E-state index in [9.17, 15) is 30.8 Å². The molecule has 1 aliphatic rings. The first kappa shape index (κ1) is 20.8. The molecule has 0 aromatic heterocycles. The van der Waals surface area contributed by atoms with Gasteiger partial charge in [0.05, 0.1) is 0 Å². The molecule has 0 unspecified atom stereocenters. The number of hydrogen-bond acceptors (Lipinski definition) is 3. The van der Waals surface area contributed by atoms with Crippen molar-refractivity contribution in [2.24, 2.45) is 0 Å². The maximum Gasteiger partial charge on any atom is 0.267 e. The third-order valence-corrected chi connectivity index (χ3v) is 6.23. The van der Waals surface area contributed by atoms with Crippen LogP contribution in [0.25, 0.3) is 0 Å². The van der Waals surface area contributed by atoms with Crippen molar-refractivity contribution in [3.63, 3.8) is 0 Å². The van der Waals surface area contributed by atoms with Crippen LogP contribution in [0.15, 0.2) is 29.2 Å². The van der Waals surface area contributed by atoms with E-state index in [1.54, 1.807) is 6.07 Å². The number of ketones is 1. The molecule has 150 valence electrons. The van der Waals surface area contributed by atoms with Gasteiger partial charge >= 0.3 is 0 Å². The van der Waals surface area contributed by atoms with Crippen LogP contribution in [0.3, 0.4) is 0 Å². The molecule has 2 aromatic carbocycles. The molecule has 9 heteroatoms. The van der Waals surface area contributed by atoms with Crippen LogP contribution >= 0.6 is 10.7 Å². The first-order valence-corrected chi connectivity index (χ1v) is 10.9. The molecule has 0 bridgehead atoms. The fourth-order valence-corrected chi connectivity index (χ4v) is 4.55. The van der Waals surface area contributed by atoms with Crippen LogP contribution < -0.4 is 0 Å². The molecule has 1 aliphatic carbocycles. The van der Waals surface area contributed by atoms with Gasteiger partial charge in [0.15, 0.2) is 33.9 Å². The molecule has 0 atom stereocenters. The zero-order valence-corrected chi connectivity index (χ0v) is 16.0. The van der Waals surface area contributed by atoms with E-state index in [2.05, 4.69) is 0 Å². The Balaban J connectivity index is 2.09. The lowest BCUT2D eigenvalue weighted by Crippen LogP contribution is -2.16. The lowest BCUT2D eigenvalue weighted by Gasteiger charge is -2.22. The summed E-state index contributed by atoms with van der Waals surface area (Å²) in [6.45, 7) is 0. The van der Waals surface area contributed by atoms with Crippen molar-refractivity contribution in [1.29, 1.82) is 0 Å². The van der Waals surface area contributed by atoms with Crippen LogP contribution in [0.1, 0.15) is 59.5 Å². The summed E-state index contributed by atoms with van der Waals surface area (Å²) in [4.78, 5) is 10.6. The molecule has 0 spiro atoms. The second-order valence-corrected chi connectivity index (χ2v) is 9.19. The lowest BCUT2D eigenvalue weighted by molar-refractivity contribution is 0.102. The minimum atomic E-state index is -5.11. The SMILES string of the molecule is O=C(c1cccc(C2CCCCC2)c1)c1c(F)c(F)c(S(=O)(=O)Cl)c(F)c1F. The van der Waals surface area contributed by atoms with Crippen molar-refractivity contribution in [3.8, 4) is 0 Å². The molecule has 3 rings (SSSR count). The summed E-state index contributed by atoms with van der Waals surface area (Å²) in [5.41, 5.74) is -0.853. The number of carbonyl (C=O) groups is 1. The first-order valence-electron chi connectivity index (χ1n) is 8.58. The van der Waals surface area contributed by atoms with Crippen LogP contribution in [0.4, 0.5) is 17.6 Å². The molecule has 2 aromatic rings. The minimum Gasteiger partial charge on any atom is -0.288 e. The summed E-state index contributed by atoms with van der Waals surface area (Å²) < 4.78 is 79.1. The van der Waals surface area contributed by atoms with Crippen LogP contribution in [-0.2, 0) is 9.05 Å². The minimum absolute atomic E-state index is 0.152. The first-order chi connectivity index (χ1) is 13.1. The highest BCUT2D eigenvalue weighted by atomic mass is 35.7. The Bertz CT molecular complexity index is 1020. The Morgan fingerprint density at radius 3 is 2.04 bits per heavy atom. The maximum absolute atomic E-state index is 14.3. The third-order valence-electron chi connectivity index (χ3n) is 4.92. The maximum atomic E-state index is 14.3. The van der Waals surface area contributed by atoms with Gasteiger partial charge in [0.25, 0.3) is 9.05 Å². The van der Waals surface area contributed by atoms with Gasteiger partial charge in [0, 0.05) is 16.2 Å². The fraction of sp³-hybridized carbons (Fsp3) is 0.316. The molecular weight excluding hydrogens is 420 g/mol. The Labute approximate surface area is 163 Å². The van der Waals surface area contributed by atoms with Crippen molar-refractivity contribution < 1.29 is 30.8 Å². The lowest BCUT2D eigenvalue weighted by atomic mass is 9.83. The second-order valence-electron chi connectivity index (χ2n) is 6.69. The van der Waals surface area contributed by atoms with E-state index in [1.807, 2.05) is 0 Å². The van der Waals surface area contributed by atoms with Gasteiger partial charge in [-0.05, 0) is 30.4 Å². The molecular formula is C19H15ClF4O3S. The van der Waals surface area contributed by atoms with Gasteiger partial charge in [-0.1, -0.05) is 37.5 Å². The van der Waals surface area contributed by atoms with E-state index >= 15 is 0 Å². The molecule has 0 radical (unpaired) electrons. The Morgan fingerprint density at radius 1 is 0.929 bits per heavy atom. The molecule has 0 N–H and O–H groups in total. The zero-order chi connectivity index (χ0) is 20.6. The highest BCUT2D eigenvalue weighted by molar-refractivity contribution is 8.13. The zero-order valence-electron chi connectivity index (χ0n) is 14.4.